The number of carbonyl (C=O) groups is 5. The number of amides is 5. The number of aliphatic hydroxyl groups excluding tert-OH is 1. The molecule has 5 N–H and O–H groups in total. The zero-order chi connectivity index (χ0) is 54.6. The summed E-state index contributed by atoms with van der Waals surface area (Å²) in [4.78, 5) is 81.0. The van der Waals surface area contributed by atoms with Gasteiger partial charge in [-0.15, -0.1) is 11.3 Å². The van der Waals surface area contributed by atoms with Gasteiger partial charge in [-0.25, -0.2) is 4.98 Å². The van der Waals surface area contributed by atoms with Crippen molar-refractivity contribution in [3.05, 3.63) is 124 Å². The molecule has 408 valence electrons. The summed E-state index contributed by atoms with van der Waals surface area (Å²) in [5.41, 5.74) is 9.82. The molecule has 17 heteroatoms. The fourth-order valence-corrected chi connectivity index (χ4v) is 12.7. The molecule has 0 saturated carbocycles. The molecule has 0 bridgehead atoms. The summed E-state index contributed by atoms with van der Waals surface area (Å²) in [7, 11) is 0. The van der Waals surface area contributed by atoms with E-state index < -0.39 is 23.6 Å². The van der Waals surface area contributed by atoms with E-state index in [0.29, 0.717) is 17.1 Å². The van der Waals surface area contributed by atoms with Crippen LogP contribution in [0.15, 0.2) is 96.5 Å². The number of piperidine rings is 2. The Morgan fingerprint density at radius 3 is 2.12 bits per heavy atom. The predicted molar refractivity (Wildman–Crippen MR) is 305 cm³/mol. The Morgan fingerprint density at radius 2 is 1.48 bits per heavy atom. The number of likely N-dealkylation sites (tertiary alicyclic amines) is 3. The van der Waals surface area contributed by atoms with Crippen LogP contribution in [0.1, 0.15) is 106 Å². The van der Waals surface area contributed by atoms with E-state index in [4.69, 9.17) is 11.6 Å². The number of anilines is 2. The minimum atomic E-state index is -0.888. The number of aryl methyl sites for hydroxylation is 1. The molecule has 4 aromatic carbocycles. The molecule has 3 fully saturated rings. The zero-order valence-corrected chi connectivity index (χ0v) is 46.8. The Balaban J connectivity index is 0.707. The second kappa shape index (κ2) is 23.8. The van der Waals surface area contributed by atoms with Gasteiger partial charge in [0, 0.05) is 67.5 Å². The minimum absolute atomic E-state index is 0.00944. The van der Waals surface area contributed by atoms with Crippen molar-refractivity contribution in [2.75, 3.05) is 62.6 Å². The van der Waals surface area contributed by atoms with Crippen molar-refractivity contribution >= 4 is 63.8 Å². The molecule has 15 nitrogen and oxygen atoms in total. The van der Waals surface area contributed by atoms with Crippen LogP contribution >= 0.6 is 22.9 Å². The monoisotopic (exact) mass is 1080 g/mol. The van der Waals surface area contributed by atoms with Crippen molar-refractivity contribution < 1.29 is 29.1 Å². The normalized spacial score (nSPS) is 21.0. The molecule has 77 heavy (non-hydrogen) atoms. The highest BCUT2D eigenvalue weighted by Gasteiger charge is 2.45. The van der Waals surface area contributed by atoms with Crippen molar-refractivity contribution in [1.82, 2.24) is 35.6 Å². The molecular weight excluding hydrogens is 1010 g/mol. The Labute approximate surface area is 462 Å². The first-order valence-electron chi connectivity index (χ1n) is 27.2. The first-order valence-corrected chi connectivity index (χ1v) is 28.4. The summed E-state index contributed by atoms with van der Waals surface area (Å²) in [5.74, 6) is -1.04. The quantitative estimate of drug-likeness (QED) is 0.0683. The SMILES string of the molecule is CC(=O)N1c2ccc(-c3ccc(C(=O)NCCN4CCC5(CC4)CCN(CC(=O)N[C@H](C(=O)N4C[C@H](O)C[C@H]4C(=O)NCc4ccc(-c6scnc6C)cc4)C(C)(C)C)CC5)cc3)cc2[C@H](Nc2ccc(Cl)cc2)C[C@@H]1C. The zero-order valence-electron chi connectivity index (χ0n) is 45.2. The van der Waals surface area contributed by atoms with Gasteiger partial charge in [0.05, 0.1) is 34.8 Å². The number of rotatable bonds is 15. The molecule has 9 rings (SSSR count). The molecular formula is C60H74ClN9O6S. The summed E-state index contributed by atoms with van der Waals surface area (Å²) in [6.07, 6.45) is 4.12. The van der Waals surface area contributed by atoms with Gasteiger partial charge in [-0.1, -0.05) is 74.8 Å². The summed E-state index contributed by atoms with van der Waals surface area (Å²) >= 11 is 7.75. The molecule has 4 aliphatic heterocycles. The van der Waals surface area contributed by atoms with Crippen molar-refractivity contribution in [2.24, 2.45) is 10.8 Å². The van der Waals surface area contributed by atoms with Gasteiger partial charge in [0.1, 0.15) is 12.1 Å². The number of halogens is 1. The predicted octanol–water partition coefficient (Wildman–Crippen LogP) is 8.45. The van der Waals surface area contributed by atoms with E-state index in [1.807, 2.05) is 123 Å². The van der Waals surface area contributed by atoms with Gasteiger partial charge in [-0.05, 0) is 159 Å². The summed E-state index contributed by atoms with van der Waals surface area (Å²) in [6, 6.07) is 27.8. The van der Waals surface area contributed by atoms with Gasteiger partial charge in [0.15, 0.2) is 0 Å². The first-order chi connectivity index (χ1) is 36.8. The van der Waals surface area contributed by atoms with E-state index in [1.54, 1.807) is 18.3 Å². The van der Waals surface area contributed by atoms with Gasteiger partial charge in [0.2, 0.25) is 23.6 Å². The summed E-state index contributed by atoms with van der Waals surface area (Å²) < 4.78 is 0. The van der Waals surface area contributed by atoms with Crippen molar-refractivity contribution in [3.8, 4) is 21.6 Å². The smallest absolute Gasteiger partial charge is 0.251 e. The number of carbonyl (C=O) groups excluding carboxylic acids is 5. The Kier molecular flexibility index (Phi) is 17.2. The Hall–Kier alpha value is -6.17. The third kappa shape index (κ3) is 13.2. The van der Waals surface area contributed by atoms with Crippen molar-refractivity contribution in [1.29, 1.82) is 0 Å². The largest absolute Gasteiger partial charge is 0.391 e. The first kappa shape index (κ1) is 55.6. The number of thiazole rings is 1. The van der Waals surface area contributed by atoms with Gasteiger partial charge in [-0.2, -0.15) is 0 Å². The second-order valence-corrected chi connectivity index (χ2v) is 24.1. The third-order valence-corrected chi connectivity index (χ3v) is 17.5. The average Bonchev–Trinajstić information content (AvgIpc) is 4.04. The van der Waals surface area contributed by atoms with E-state index in [9.17, 15) is 29.1 Å². The third-order valence-electron chi connectivity index (χ3n) is 16.3. The van der Waals surface area contributed by atoms with Crippen LogP contribution in [0.25, 0.3) is 21.6 Å². The molecule has 1 spiro atoms. The number of aromatic nitrogens is 1. The molecule has 0 radical (unpaired) electrons. The van der Waals surface area contributed by atoms with Crippen LogP contribution in [0.5, 0.6) is 0 Å². The number of hydrogen-bond acceptors (Lipinski definition) is 11. The maximum atomic E-state index is 14.3. The van der Waals surface area contributed by atoms with Gasteiger partial charge < -0.3 is 41.1 Å². The van der Waals surface area contributed by atoms with Crippen LogP contribution in [-0.4, -0.2) is 131 Å². The maximum Gasteiger partial charge on any atom is 0.251 e. The number of hydrogen-bond donors (Lipinski definition) is 5. The highest BCUT2D eigenvalue weighted by molar-refractivity contribution is 7.13. The fraction of sp³-hybridized carbons (Fsp3) is 0.467. The van der Waals surface area contributed by atoms with E-state index in [-0.39, 0.29) is 73.1 Å². The minimum Gasteiger partial charge on any atom is -0.391 e. The number of β-amino-alcohol motifs (C(OH)–C–C–N with tert-alkyl or cyclic N) is 1. The number of fused-ring (bicyclic) bond motifs is 1. The molecule has 3 saturated heterocycles. The van der Waals surface area contributed by atoms with E-state index in [0.717, 1.165) is 115 Å². The van der Waals surface area contributed by atoms with Crippen LogP contribution in [0.2, 0.25) is 5.02 Å². The maximum absolute atomic E-state index is 14.3. The average molecular weight is 1080 g/mol. The lowest BCUT2D eigenvalue weighted by Gasteiger charge is -2.47. The van der Waals surface area contributed by atoms with Crippen LogP contribution in [0.4, 0.5) is 11.4 Å². The molecule has 1 aromatic heterocycles. The lowest BCUT2D eigenvalue weighted by atomic mass is 9.71. The molecule has 5 aromatic rings. The highest BCUT2D eigenvalue weighted by Crippen LogP contribution is 2.43. The highest BCUT2D eigenvalue weighted by atomic mass is 35.5. The van der Waals surface area contributed by atoms with Gasteiger partial charge in [-0.3, -0.25) is 28.9 Å². The van der Waals surface area contributed by atoms with Crippen molar-refractivity contribution in [3.63, 3.8) is 0 Å². The van der Waals surface area contributed by atoms with Crippen molar-refractivity contribution in [2.45, 2.75) is 117 Å². The summed E-state index contributed by atoms with van der Waals surface area (Å²) in [5, 5.41) is 24.2. The lowest BCUT2D eigenvalue weighted by molar-refractivity contribution is -0.144. The van der Waals surface area contributed by atoms with Crippen LogP contribution in [0.3, 0.4) is 0 Å². The second-order valence-electron chi connectivity index (χ2n) is 22.8. The molecule has 4 aliphatic rings. The fourth-order valence-electron chi connectivity index (χ4n) is 11.8. The molecule has 0 unspecified atom stereocenters. The molecule has 5 amide bonds. The van der Waals surface area contributed by atoms with E-state index in [2.05, 4.69) is 49.0 Å². The van der Waals surface area contributed by atoms with Crippen LogP contribution in [0, 0.1) is 17.8 Å². The summed E-state index contributed by atoms with van der Waals surface area (Å²) in [6.45, 7) is 16.6. The Bertz CT molecular complexity index is 2910. The Morgan fingerprint density at radius 1 is 0.831 bits per heavy atom. The van der Waals surface area contributed by atoms with E-state index >= 15 is 0 Å². The molecule has 5 heterocycles. The number of aliphatic hydroxyl groups is 1. The topological polar surface area (TPSA) is 180 Å². The van der Waals surface area contributed by atoms with Crippen LogP contribution < -0.4 is 26.2 Å². The number of nitrogens with one attached hydrogen (secondary N) is 4. The molecule has 0 aliphatic carbocycles. The van der Waals surface area contributed by atoms with Crippen LogP contribution in [-0.2, 0) is 25.7 Å². The van der Waals surface area contributed by atoms with E-state index in [1.165, 1.54) is 4.90 Å². The van der Waals surface area contributed by atoms with Gasteiger partial charge in [0.25, 0.3) is 5.91 Å². The standard InChI is InChI=1S/C60H74ClN9O6S/c1-38-31-50(65-47-18-16-46(61)17-19-47)49-32-45(15-20-51(49)70(38)40(3)71)42-11-13-44(14-12-42)56(74)62-25-30-67-26-21-60(22-27-67)23-28-68(29-24-60)36-53(73)66-55(59(4,5)6)58(76)69-35-48(72)33-52(69)57(75)63-34-41-7-9-43(10-8-41)54-39(2)64-37-77-54/h7-20,32,37-38,48,50,52,55,65,72H,21-31,33-36H2,1-6H3,(H,62,74)(H,63,75)(H,66,73)/t38-,48+,50+,52-,55+/m0/s1. The van der Waals surface area contributed by atoms with Gasteiger partial charge >= 0.3 is 0 Å². The number of benzene rings is 4. The number of nitrogens with zero attached hydrogens (tertiary/aromatic N) is 5. The molecule has 5 atom stereocenters. The lowest BCUT2D eigenvalue weighted by Crippen LogP contribution is -2.59.